The third kappa shape index (κ3) is 5.29. The fraction of sp³-hybridized carbons (Fsp3) is 0.500. The number of rotatable bonds is 6. The smallest absolute Gasteiger partial charge is 0.220 e. The minimum Gasteiger partial charge on any atom is -0.394 e. The summed E-state index contributed by atoms with van der Waals surface area (Å²) in [5, 5.41) is 12.1. The second-order valence-electron chi connectivity index (χ2n) is 5.20. The third-order valence-electron chi connectivity index (χ3n) is 2.72. The van der Waals surface area contributed by atoms with Crippen molar-refractivity contribution < 1.29 is 9.90 Å². The van der Waals surface area contributed by atoms with Crippen LogP contribution in [-0.4, -0.2) is 23.2 Å². The molecule has 0 spiro atoms. The van der Waals surface area contributed by atoms with Gasteiger partial charge in [0.05, 0.1) is 12.6 Å². The Kier molecular flexibility index (Phi) is 5.31. The molecule has 0 aliphatic rings. The van der Waals surface area contributed by atoms with Gasteiger partial charge in [0.15, 0.2) is 0 Å². The van der Waals surface area contributed by atoms with Crippen LogP contribution in [0.2, 0.25) is 0 Å². The van der Waals surface area contributed by atoms with E-state index in [-0.39, 0.29) is 24.1 Å². The molecule has 0 radical (unpaired) electrons. The van der Waals surface area contributed by atoms with E-state index in [0.717, 1.165) is 5.56 Å². The van der Waals surface area contributed by atoms with Crippen LogP contribution < -0.4 is 11.1 Å². The first-order chi connectivity index (χ1) is 8.42. The van der Waals surface area contributed by atoms with Gasteiger partial charge in [0.25, 0.3) is 0 Å². The molecule has 18 heavy (non-hydrogen) atoms. The minimum atomic E-state index is -0.348. The molecule has 0 heterocycles. The Bertz CT molecular complexity index is 371. The molecule has 0 aromatic heterocycles. The number of amides is 1. The number of carbonyl (C=O) groups is 1. The second kappa shape index (κ2) is 6.52. The Morgan fingerprint density at radius 2 is 2.00 bits per heavy atom. The highest BCUT2D eigenvalue weighted by atomic mass is 16.3. The van der Waals surface area contributed by atoms with Crippen LogP contribution in [0.15, 0.2) is 30.3 Å². The molecule has 0 bridgehead atoms. The molecule has 0 saturated heterocycles. The Balaban J connectivity index is 2.51. The number of aliphatic hydroxyl groups is 1. The van der Waals surface area contributed by atoms with E-state index in [9.17, 15) is 9.90 Å². The monoisotopic (exact) mass is 250 g/mol. The number of nitrogens with two attached hydrogens (primary N) is 1. The summed E-state index contributed by atoms with van der Waals surface area (Å²) in [6, 6.07) is 9.08. The van der Waals surface area contributed by atoms with Gasteiger partial charge in [0, 0.05) is 12.0 Å². The zero-order valence-corrected chi connectivity index (χ0v) is 11.0. The Morgan fingerprint density at radius 3 is 2.50 bits per heavy atom. The number of hydrogen-bond acceptors (Lipinski definition) is 3. The molecule has 1 aromatic carbocycles. The van der Waals surface area contributed by atoms with Crippen molar-refractivity contribution >= 4 is 5.91 Å². The highest BCUT2D eigenvalue weighted by molar-refractivity contribution is 5.76. The average molecular weight is 250 g/mol. The van der Waals surface area contributed by atoms with E-state index in [0.29, 0.717) is 12.8 Å². The van der Waals surface area contributed by atoms with Crippen molar-refractivity contribution in [2.75, 3.05) is 6.61 Å². The maximum atomic E-state index is 11.8. The zero-order valence-electron chi connectivity index (χ0n) is 11.0. The van der Waals surface area contributed by atoms with Gasteiger partial charge in [-0.05, 0) is 25.8 Å². The maximum absolute atomic E-state index is 11.8. The molecule has 4 heteroatoms. The average Bonchev–Trinajstić information content (AvgIpc) is 2.33. The molecule has 4 nitrogen and oxygen atoms in total. The van der Waals surface area contributed by atoms with Crippen LogP contribution in [0.4, 0.5) is 0 Å². The van der Waals surface area contributed by atoms with Crippen LogP contribution >= 0.6 is 0 Å². The molecule has 1 amide bonds. The van der Waals surface area contributed by atoms with Crippen molar-refractivity contribution in [1.82, 2.24) is 5.32 Å². The fourth-order valence-corrected chi connectivity index (χ4v) is 1.62. The van der Waals surface area contributed by atoms with E-state index in [1.54, 1.807) is 0 Å². The van der Waals surface area contributed by atoms with Crippen LogP contribution in [-0.2, 0) is 4.79 Å². The van der Waals surface area contributed by atoms with Gasteiger partial charge in [-0.1, -0.05) is 30.3 Å². The zero-order chi connectivity index (χ0) is 13.6. The summed E-state index contributed by atoms with van der Waals surface area (Å²) in [7, 11) is 0. The quantitative estimate of drug-likeness (QED) is 0.713. The van der Waals surface area contributed by atoms with Gasteiger partial charge in [-0.3, -0.25) is 4.79 Å². The fourth-order valence-electron chi connectivity index (χ4n) is 1.62. The molecular formula is C14H22N2O2. The number of nitrogens with one attached hydrogen (secondary N) is 1. The Morgan fingerprint density at radius 1 is 1.39 bits per heavy atom. The van der Waals surface area contributed by atoms with Gasteiger partial charge in [0.2, 0.25) is 5.91 Å². The molecule has 0 aliphatic heterocycles. The summed E-state index contributed by atoms with van der Waals surface area (Å²) < 4.78 is 0. The van der Waals surface area contributed by atoms with Gasteiger partial charge in [-0.25, -0.2) is 0 Å². The van der Waals surface area contributed by atoms with Gasteiger partial charge >= 0.3 is 0 Å². The highest BCUT2D eigenvalue weighted by Gasteiger charge is 2.16. The Hall–Kier alpha value is -1.39. The topological polar surface area (TPSA) is 75.4 Å². The molecule has 4 N–H and O–H groups in total. The van der Waals surface area contributed by atoms with E-state index in [1.165, 1.54) is 0 Å². The van der Waals surface area contributed by atoms with Crippen molar-refractivity contribution in [1.29, 1.82) is 0 Å². The van der Waals surface area contributed by atoms with Gasteiger partial charge < -0.3 is 16.2 Å². The molecule has 0 saturated carbocycles. The van der Waals surface area contributed by atoms with Crippen molar-refractivity contribution in [2.24, 2.45) is 5.73 Å². The lowest BCUT2D eigenvalue weighted by Gasteiger charge is -2.20. The van der Waals surface area contributed by atoms with E-state index in [4.69, 9.17) is 5.73 Å². The molecule has 0 fully saturated rings. The lowest BCUT2D eigenvalue weighted by molar-refractivity contribution is -0.122. The van der Waals surface area contributed by atoms with Crippen molar-refractivity contribution in [2.45, 2.75) is 38.3 Å². The molecule has 100 valence electrons. The van der Waals surface area contributed by atoms with Crippen LogP contribution in [0.1, 0.15) is 38.3 Å². The minimum absolute atomic E-state index is 0.0866. The first-order valence-electron chi connectivity index (χ1n) is 6.16. The molecule has 0 aliphatic carbocycles. The first kappa shape index (κ1) is 14.7. The predicted molar refractivity (Wildman–Crippen MR) is 71.9 cm³/mol. The summed E-state index contributed by atoms with van der Waals surface area (Å²) in [6.45, 7) is 3.67. The number of benzene rings is 1. The summed E-state index contributed by atoms with van der Waals surface area (Å²) in [6.07, 6.45) is 0.985. The highest BCUT2D eigenvalue weighted by Crippen LogP contribution is 2.13. The molecule has 0 unspecified atom stereocenters. The summed E-state index contributed by atoms with van der Waals surface area (Å²) in [5.41, 5.74) is 6.38. The number of carbonyl (C=O) groups excluding carboxylic acids is 1. The normalized spacial score (nSPS) is 13.1. The van der Waals surface area contributed by atoms with Crippen LogP contribution in [0.25, 0.3) is 0 Å². The predicted octanol–water partition coefficient (Wildman–Crippen LogP) is 1.35. The molecule has 1 rings (SSSR count). The van der Waals surface area contributed by atoms with Gasteiger partial charge in [-0.2, -0.15) is 0 Å². The first-order valence-corrected chi connectivity index (χ1v) is 6.16. The Labute approximate surface area is 108 Å². The van der Waals surface area contributed by atoms with Gasteiger partial charge in [0.1, 0.15) is 0 Å². The summed E-state index contributed by atoms with van der Waals surface area (Å²) >= 11 is 0. The van der Waals surface area contributed by atoms with E-state index >= 15 is 0 Å². The molecular weight excluding hydrogens is 228 g/mol. The lowest BCUT2D eigenvalue weighted by atomic mass is 9.99. The molecule has 1 atom stereocenters. The van der Waals surface area contributed by atoms with Crippen molar-refractivity contribution in [3.63, 3.8) is 0 Å². The van der Waals surface area contributed by atoms with E-state index in [1.807, 2.05) is 44.2 Å². The van der Waals surface area contributed by atoms with E-state index in [2.05, 4.69) is 5.32 Å². The summed E-state index contributed by atoms with van der Waals surface area (Å²) in [5.74, 6) is -0.0866. The third-order valence-corrected chi connectivity index (χ3v) is 2.72. The second-order valence-corrected chi connectivity index (χ2v) is 5.20. The SMILES string of the molecule is CC(C)(N)CCC(=O)N[C@@H](CO)c1ccccc1. The largest absolute Gasteiger partial charge is 0.394 e. The van der Waals surface area contributed by atoms with Crippen LogP contribution in [0, 0.1) is 0 Å². The summed E-state index contributed by atoms with van der Waals surface area (Å²) in [4.78, 5) is 11.8. The molecule has 1 aromatic rings. The van der Waals surface area contributed by atoms with Gasteiger partial charge in [-0.15, -0.1) is 0 Å². The van der Waals surface area contributed by atoms with E-state index < -0.39 is 0 Å². The number of aliphatic hydroxyl groups excluding tert-OH is 1. The maximum Gasteiger partial charge on any atom is 0.220 e. The van der Waals surface area contributed by atoms with Crippen molar-refractivity contribution in [3.05, 3.63) is 35.9 Å². The van der Waals surface area contributed by atoms with Crippen molar-refractivity contribution in [3.8, 4) is 0 Å². The van der Waals surface area contributed by atoms with Crippen LogP contribution in [0.3, 0.4) is 0 Å². The van der Waals surface area contributed by atoms with Crippen LogP contribution in [0.5, 0.6) is 0 Å². The standard InChI is InChI=1S/C14H22N2O2/c1-14(2,15)9-8-13(18)16-12(10-17)11-6-4-3-5-7-11/h3-7,12,17H,8-10,15H2,1-2H3,(H,16,18)/t12-/m0/s1. The number of hydrogen-bond donors (Lipinski definition) is 3. The lowest BCUT2D eigenvalue weighted by Crippen LogP contribution is -2.36.